The Hall–Kier alpha value is -3.80. The summed E-state index contributed by atoms with van der Waals surface area (Å²) in [5.74, 6) is -0.271. The van der Waals surface area contributed by atoms with E-state index in [4.69, 9.17) is 8.83 Å². The zero-order valence-electron chi connectivity index (χ0n) is 14.5. The Kier molecular flexibility index (Phi) is 4.22. The van der Waals surface area contributed by atoms with Crippen LogP contribution in [-0.4, -0.2) is 11.8 Å². The molecule has 0 bridgehead atoms. The largest absolute Gasteiger partial charge is 0.472 e. The summed E-state index contributed by atoms with van der Waals surface area (Å²) in [6, 6.07) is 16.1. The van der Waals surface area contributed by atoms with Gasteiger partial charge in [-0.1, -0.05) is 12.1 Å². The van der Waals surface area contributed by atoms with E-state index in [1.807, 2.05) is 24.3 Å². The number of anilines is 2. The van der Waals surface area contributed by atoms with E-state index >= 15 is 0 Å². The van der Waals surface area contributed by atoms with Crippen molar-refractivity contribution in [2.24, 2.45) is 0 Å². The quantitative estimate of drug-likeness (QED) is 0.542. The van der Waals surface area contributed by atoms with Gasteiger partial charge in [0.05, 0.1) is 12.5 Å². The number of furan rings is 2. The lowest BCUT2D eigenvalue weighted by Crippen LogP contribution is -2.11. The number of carbonyl (C=O) groups is 2. The highest BCUT2D eigenvalue weighted by Crippen LogP contribution is 2.27. The predicted molar refractivity (Wildman–Crippen MR) is 103 cm³/mol. The highest BCUT2D eigenvalue weighted by atomic mass is 16.3. The molecule has 0 aliphatic carbocycles. The van der Waals surface area contributed by atoms with E-state index in [2.05, 4.69) is 10.6 Å². The van der Waals surface area contributed by atoms with E-state index in [0.29, 0.717) is 17.0 Å². The lowest BCUT2D eigenvalue weighted by Gasteiger charge is -2.05. The van der Waals surface area contributed by atoms with Crippen LogP contribution in [0.4, 0.5) is 11.4 Å². The molecule has 6 heteroatoms. The van der Waals surface area contributed by atoms with Crippen LogP contribution in [0.15, 0.2) is 76.0 Å². The van der Waals surface area contributed by atoms with Gasteiger partial charge in [0.1, 0.15) is 5.58 Å². The minimum atomic E-state index is -0.344. The Morgan fingerprint density at radius 2 is 1.59 bits per heavy atom. The monoisotopic (exact) mass is 360 g/mol. The molecule has 0 spiro atoms. The minimum Gasteiger partial charge on any atom is -0.472 e. The Balaban J connectivity index is 1.53. The van der Waals surface area contributed by atoms with E-state index in [1.165, 1.54) is 6.92 Å². The van der Waals surface area contributed by atoms with Gasteiger partial charge < -0.3 is 19.5 Å². The van der Waals surface area contributed by atoms with Gasteiger partial charge in [0.2, 0.25) is 5.91 Å². The fourth-order valence-electron chi connectivity index (χ4n) is 2.78. The third-order valence-corrected chi connectivity index (χ3v) is 4.06. The maximum Gasteiger partial charge on any atom is 0.291 e. The van der Waals surface area contributed by atoms with Crippen LogP contribution in [0.1, 0.15) is 17.5 Å². The highest BCUT2D eigenvalue weighted by molar-refractivity contribution is 6.05. The molecule has 27 heavy (non-hydrogen) atoms. The van der Waals surface area contributed by atoms with Crippen LogP contribution in [0.2, 0.25) is 0 Å². The molecule has 134 valence electrons. The molecule has 0 saturated heterocycles. The van der Waals surface area contributed by atoms with E-state index in [-0.39, 0.29) is 17.6 Å². The van der Waals surface area contributed by atoms with Crippen LogP contribution in [0.25, 0.3) is 22.1 Å². The van der Waals surface area contributed by atoms with Gasteiger partial charge in [-0.15, -0.1) is 0 Å². The predicted octanol–water partition coefficient (Wildman–Crippen LogP) is 4.90. The topological polar surface area (TPSA) is 84.5 Å². The van der Waals surface area contributed by atoms with Crippen LogP contribution >= 0.6 is 0 Å². The third kappa shape index (κ3) is 3.59. The molecule has 4 aromatic rings. The van der Waals surface area contributed by atoms with Crippen LogP contribution < -0.4 is 10.6 Å². The second kappa shape index (κ2) is 6.84. The maximum atomic E-state index is 12.5. The Labute approximate surface area is 154 Å². The molecule has 2 aromatic heterocycles. The van der Waals surface area contributed by atoms with Crippen LogP contribution in [-0.2, 0) is 4.79 Å². The molecule has 0 radical (unpaired) electrons. The number of amides is 2. The maximum absolute atomic E-state index is 12.5. The van der Waals surface area contributed by atoms with Gasteiger partial charge in [0, 0.05) is 29.2 Å². The summed E-state index contributed by atoms with van der Waals surface area (Å²) in [4.78, 5) is 23.5. The molecule has 0 fully saturated rings. The van der Waals surface area contributed by atoms with Crippen molar-refractivity contribution in [1.82, 2.24) is 0 Å². The molecule has 0 unspecified atom stereocenters. The summed E-state index contributed by atoms with van der Waals surface area (Å²) in [5.41, 5.74) is 3.79. The van der Waals surface area contributed by atoms with Gasteiger partial charge in [0.25, 0.3) is 5.91 Å². The van der Waals surface area contributed by atoms with Crippen molar-refractivity contribution in [1.29, 1.82) is 0 Å². The molecule has 2 heterocycles. The molecule has 0 aliphatic rings. The molecule has 6 nitrogen and oxygen atoms in total. The zero-order valence-corrected chi connectivity index (χ0v) is 14.5. The summed E-state index contributed by atoms with van der Waals surface area (Å²) in [6.45, 7) is 1.44. The Morgan fingerprint density at radius 3 is 2.26 bits per heavy atom. The van der Waals surface area contributed by atoms with Crippen molar-refractivity contribution in [3.63, 3.8) is 0 Å². The van der Waals surface area contributed by atoms with Crippen molar-refractivity contribution >= 4 is 34.2 Å². The summed E-state index contributed by atoms with van der Waals surface area (Å²) in [7, 11) is 0. The van der Waals surface area contributed by atoms with Gasteiger partial charge in [-0.3, -0.25) is 9.59 Å². The van der Waals surface area contributed by atoms with Crippen molar-refractivity contribution < 1.29 is 18.4 Å². The first kappa shape index (κ1) is 16.7. The van der Waals surface area contributed by atoms with Crippen molar-refractivity contribution in [3.8, 4) is 11.1 Å². The normalized spacial score (nSPS) is 10.7. The Morgan fingerprint density at radius 1 is 0.852 bits per heavy atom. The number of hydrogen-bond donors (Lipinski definition) is 2. The van der Waals surface area contributed by atoms with Crippen molar-refractivity contribution in [3.05, 3.63) is 72.9 Å². The minimum absolute atomic E-state index is 0.149. The van der Waals surface area contributed by atoms with Gasteiger partial charge in [0.15, 0.2) is 5.76 Å². The molecular formula is C21H16N2O4. The highest BCUT2D eigenvalue weighted by Gasteiger charge is 2.13. The lowest BCUT2D eigenvalue weighted by atomic mass is 10.1. The van der Waals surface area contributed by atoms with Crippen LogP contribution in [0.3, 0.4) is 0 Å². The number of benzene rings is 2. The summed E-state index contributed by atoms with van der Waals surface area (Å²) < 4.78 is 10.8. The van der Waals surface area contributed by atoms with Gasteiger partial charge >= 0.3 is 0 Å². The summed E-state index contributed by atoms with van der Waals surface area (Å²) in [5, 5.41) is 6.30. The second-order valence-electron chi connectivity index (χ2n) is 6.09. The molecule has 2 N–H and O–H groups in total. The molecule has 0 saturated carbocycles. The number of fused-ring (bicyclic) bond motifs is 1. The van der Waals surface area contributed by atoms with Crippen LogP contribution in [0.5, 0.6) is 0 Å². The SMILES string of the molecule is CC(=O)Nc1ccc(NC(=O)c2cc3ccc(-c4ccoc4)cc3o2)cc1. The fraction of sp³-hybridized carbons (Fsp3) is 0.0476. The average molecular weight is 360 g/mol. The number of hydrogen-bond acceptors (Lipinski definition) is 4. The smallest absolute Gasteiger partial charge is 0.291 e. The molecule has 0 aliphatic heterocycles. The Bertz CT molecular complexity index is 1110. The fourth-order valence-corrected chi connectivity index (χ4v) is 2.78. The molecule has 4 rings (SSSR count). The lowest BCUT2D eigenvalue weighted by molar-refractivity contribution is -0.114. The van der Waals surface area contributed by atoms with Crippen molar-refractivity contribution in [2.45, 2.75) is 6.92 Å². The first-order valence-corrected chi connectivity index (χ1v) is 8.34. The molecular weight excluding hydrogens is 344 g/mol. The summed E-state index contributed by atoms with van der Waals surface area (Å²) in [6.07, 6.45) is 3.26. The molecule has 2 amide bonds. The second-order valence-corrected chi connectivity index (χ2v) is 6.09. The first-order chi connectivity index (χ1) is 13.1. The molecule has 2 aromatic carbocycles. The zero-order chi connectivity index (χ0) is 18.8. The standard InChI is InChI=1S/C21H16N2O4/c1-13(24)22-17-4-6-18(7-5-17)23-21(25)20-11-15-3-2-14(10-19(15)27-20)16-8-9-26-12-16/h2-12H,1H3,(H,22,24)(H,23,25). The number of nitrogens with one attached hydrogen (secondary N) is 2. The van der Waals surface area contributed by atoms with E-state index in [1.54, 1.807) is 42.9 Å². The van der Waals surface area contributed by atoms with Crippen LogP contribution in [0, 0.1) is 0 Å². The molecule has 0 atom stereocenters. The van der Waals surface area contributed by atoms with Gasteiger partial charge in [-0.2, -0.15) is 0 Å². The van der Waals surface area contributed by atoms with E-state index in [0.717, 1.165) is 16.5 Å². The van der Waals surface area contributed by atoms with Crippen molar-refractivity contribution in [2.75, 3.05) is 10.6 Å². The van der Waals surface area contributed by atoms with E-state index < -0.39 is 0 Å². The third-order valence-electron chi connectivity index (χ3n) is 4.06. The van der Waals surface area contributed by atoms with E-state index in [9.17, 15) is 9.59 Å². The first-order valence-electron chi connectivity index (χ1n) is 8.34. The average Bonchev–Trinajstić information content (AvgIpc) is 3.32. The number of carbonyl (C=O) groups excluding carboxylic acids is 2. The van der Waals surface area contributed by atoms with Gasteiger partial charge in [-0.05, 0) is 48.0 Å². The number of rotatable bonds is 4. The summed E-state index contributed by atoms with van der Waals surface area (Å²) >= 11 is 0. The van der Waals surface area contributed by atoms with Gasteiger partial charge in [-0.25, -0.2) is 0 Å².